The quantitative estimate of drug-likeness (QED) is 0.498. The third-order valence-electron chi connectivity index (χ3n) is 3.90. The van der Waals surface area contributed by atoms with E-state index in [1.807, 2.05) is 0 Å². The molecule has 0 bridgehead atoms. The van der Waals surface area contributed by atoms with E-state index in [9.17, 15) is 17.6 Å². The maximum atomic E-state index is 14.4. The molecule has 0 amide bonds. The van der Waals surface area contributed by atoms with E-state index >= 15 is 0 Å². The van der Waals surface area contributed by atoms with Gasteiger partial charge in [-0.05, 0) is 67.6 Å². The summed E-state index contributed by atoms with van der Waals surface area (Å²) in [5.41, 5.74) is 0.460. The Balaban J connectivity index is 1.88. The standard InChI is InChI=1S/C21H17ClFNO5S/c1-2-28-21(25)14-6-10-16(11-7-14)24-30(26,27)19-5-3-4-18(23)20(19)29-17-12-8-15(22)9-13-17/h3-13,24H,2H2,1H3. The summed E-state index contributed by atoms with van der Waals surface area (Å²) in [6.07, 6.45) is 0. The van der Waals surface area contributed by atoms with E-state index in [1.54, 1.807) is 6.92 Å². The molecule has 0 saturated heterocycles. The predicted molar refractivity (Wildman–Crippen MR) is 111 cm³/mol. The summed E-state index contributed by atoms with van der Waals surface area (Å²) in [4.78, 5) is 11.3. The van der Waals surface area contributed by atoms with Gasteiger partial charge in [-0.3, -0.25) is 4.72 Å². The SMILES string of the molecule is CCOC(=O)c1ccc(NS(=O)(=O)c2cccc(F)c2Oc2ccc(Cl)cc2)cc1. The number of hydrogen-bond donors (Lipinski definition) is 1. The third kappa shape index (κ3) is 5.08. The molecule has 0 aliphatic heterocycles. The van der Waals surface area contributed by atoms with Gasteiger partial charge in [-0.1, -0.05) is 17.7 Å². The average Bonchev–Trinajstić information content (AvgIpc) is 2.71. The van der Waals surface area contributed by atoms with Crippen LogP contribution in [0.3, 0.4) is 0 Å². The molecule has 0 heterocycles. The predicted octanol–water partition coefficient (Wildman–Crippen LogP) is 5.25. The molecule has 3 aromatic rings. The van der Waals surface area contributed by atoms with Crippen LogP contribution >= 0.6 is 11.6 Å². The van der Waals surface area contributed by atoms with Gasteiger partial charge in [-0.25, -0.2) is 17.6 Å². The largest absolute Gasteiger partial charge is 0.462 e. The van der Waals surface area contributed by atoms with Crippen LogP contribution in [-0.4, -0.2) is 21.0 Å². The van der Waals surface area contributed by atoms with E-state index in [-0.39, 0.29) is 28.5 Å². The van der Waals surface area contributed by atoms with Crippen molar-refractivity contribution in [3.8, 4) is 11.5 Å². The smallest absolute Gasteiger partial charge is 0.338 e. The topological polar surface area (TPSA) is 81.7 Å². The van der Waals surface area contributed by atoms with E-state index < -0.39 is 27.6 Å². The average molecular weight is 450 g/mol. The zero-order valence-electron chi connectivity index (χ0n) is 15.8. The Kier molecular flexibility index (Phi) is 6.59. The van der Waals surface area contributed by atoms with E-state index in [1.165, 1.54) is 60.7 Å². The van der Waals surface area contributed by atoms with Crippen LogP contribution in [0.2, 0.25) is 5.02 Å². The van der Waals surface area contributed by atoms with Gasteiger partial charge in [0.1, 0.15) is 10.6 Å². The number of nitrogens with one attached hydrogen (secondary N) is 1. The first-order chi connectivity index (χ1) is 14.3. The van der Waals surface area contributed by atoms with Crippen molar-refractivity contribution in [2.24, 2.45) is 0 Å². The van der Waals surface area contributed by atoms with Crippen molar-refractivity contribution in [2.75, 3.05) is 11.3 Å². The number of carbonyl (C=O) groups is 1. The lowest BCUT2D eigenvalue weighted by molar-refractivity contribution is 0.0526. The summed E-state index contributed by atoms with van der Waals surface area (Å²) in [6.45, 7) is 1.91. The number of anilines is 1. The van der Waals surface area contributed by atoms with Gasteiger partial charge in [-0.15, -0.1) is 0 Å². The van der Waals surface area contributed by atoms with Crippen LogP contribution in [0.5, 0.6) is 11.5 Å². The molecule has 3 rings (SSSR count). The lowest BCUT2D eigenvalue weighted by atomic mass is 10.2. The van der Waals surface area contributed by atoms with E-state index in [0.717, 1.165) is 6.07 Å². The Labute approximate surface area is 178 Å². The van der Waals surface area contributed by atoms with Gasteiger partial charge < -0.3 is 9.47 Å². The van der Waals surface area contributed by atoms with E-state index in [4.69, 9.17) is 21.1 Å². The molecule has 1 N–H and O–H groups in total. The van der Waals surface area contributed by atoms with Gasteiger partial charge in [0.2, 0.25) is 0 Å². The number of esters is 1. The van der Waals surface area contributed by atoms with Crippen LogP contribution in [0, 0.1) is 5.82 Å². The molecule has 0 atom stereocenters. The van der Waals surface area contributed by atoms with E-state index in [2.05, 4.69) is 4.72 Å². The number of benzene rings is 3. The van der Waals surface area contributed by atoms with Crippen LogP contribution < -0.4 is 9.46 Å². The van der Waals surface area contributed by atoms with Crippen LogP contribution in [0.15, 0.2) is 71.6 Å². The highest BCUT2D eigenvalue weighted by Crippen LogP contribution is 2.33. The van der Waals surface area contributed by atoms with Gasteiger partial charge in [-0.2, -0.15) is 0 Å². The van der Waals surface area contributed by atoms with Crippen molar-refractivity contribution in [3.63, 3.8) is 0 Å². The Morgan fingerprint density at radius 1 is 1.03 bits per heavy atom. The molecule has 0 aliphatic carbocycles. The molecule has 0 aliphatic rings. The Bertz CT molecular complexity index is 1150. The fraction of sp³-hybridized carbons (Fsp3) is 0.0952. The highest BCUT2D eigenvalue weighted by Gasteiger charge is 2.23. The number of halogens is 2. The third-order valence-corrected chi connectivity index (χ3v) is 5.56. The monoisotopic (exact) mass is 449 g/mol. The van der Waals surface area contributed by atoms with Crippen molar-refractivity contribution < 1.29 is 27.1 Å². The molecule has 30 heavy (non-hydrogen) atoms. The van der Waals surface area contributed by atoms with Crippen molar-refractivity contribution in [1.82, 2.24) is 0 Å². The first-order valence-corrected chi connectivity index (χ1v) is 10.7. The molecule has 0 spiro atoms. The molecule has 0 radical (unpaired) electrons. The van der Waals surface area contributed by atoms with Crippen LogP contribution in [-0.2, 0) is 14.8 Å². The maximum absolute atomic E-state index is 14.4. The molecule has 0 fully saturated rings. The molecule has 3 aromatic carbocycles. The Morgan fingerprint density at radius 2 is 1.70 bits per heavy atom. The summed E-state index contributed by atoms with van der Waals surface area (Å²) in [7, 11) is -4.20. The zero-order valence-corrected chi connectivity index (χ0v) is 17.3. The molecular weight excluding hydrogens is 433 g/mol. The number of hydrogen-bond acceptors (Lipinski definition) is 5. The highest BCUT2D eigenvalue weighted by atomic mass is 35.5. The second-order valence-corrected chi connectivity index (χ2v) is 8.11. The number of ether oxygens (including phenoxy) is 2. The van der Waals surface area contributed by atoms with Gasteiger partial charge >= 0.3 is 5.97 Å². The van der Waals surface area contributed by atoms with Crippen molar-refractivity contribution in [2.45, 2.75) is 11.8 Å². The first-order valence-electron chi connectivity index (χ1n) is 8.82. The second-order valence-electron chi connectivity index (χ2n) is 6.03. The van der Waals surface area contributed by atoms with Gasteiger partial charge in [0.05, 0.1) is 12.2 Å². The fourth-order valence-electron chi connectivity index (χ4n) is 2.52. The number of para-hydroxylation sites is 1. The minimum Gasteiger partial charge on any atom is -0.462 e. The second kappa shape index (κ2) is 9.15. The summed E-state index contributed by atoms with van der Waals surface area (Å²) in [5, 5.41) is 0.455. The number of sulfonamides is 1. The Morgan fingerprint density at radius 3 is 2.33 bits per heavy atom. The minimum atomic E-state index is -4.20. The van der Waals surface area contributed by atoms with E-state index in [0.29, 0.717) is 5.02 Å². The van der Waals surface area contributed by atoms with Crippen LogP contribution in [0.4, 0.5) is 10.1 Å². The van der Waals surface area contributed by atoms with Crippen LogP contribution in [0.1, 0.15) is 17.3 Å². The van der Waals surface area contributed by atoms with Gasteiger partial charge in [0, 0.05) is 10.7 Å². The van der Waals surface area contributed by atoms with Crippen molar-refractivity contribution in [1.29, 1.82) is 0 Å². The molecule has 156 valence electrons. The summed E-state index contributed by atoms with van der Waals surface area (Å²) in [5.74, 6) is -1.59. The van der Waals surface area contributed by atoms with Crippen LogP contribution in [0.25, 0.3) is 0 Å². The normalized spacial score (nSPS) is 11.0. The van der Waals surface area contributed by atoms with Crippen molar-refractivity contribution >= 4 is 33.3 Å². The Hall–Kier alpha value is -3.10. The molecule has 6 nitrogen and oxygen atoms in total. The lowest BCUT2D eigenvalue weighted by Gasteiger charge is -2.14. The molecule has 0 unspecified atom stereocenters. The molecule has 0 aromatic heterocycles. The minimum absolute atomic E-state index is 0.185. The fourth-order valence-corrected chi connectivity index (χ4v) is 3.84. The summed E-state index contributed by atoms with van der Waals surface area (Å²) < 4.78 is 52.9. The van der Waals surface area contributed by atoms with Gasteiger partial charge in [0.15, 0.2) is 11.6 Å². The highest BCUT2D eigenvalue weighted by molar-refractivity contribution is 7.92. The number of carbonyl (C=O) groups excluding carboxylic acids is 1. The lowest BCUT2D eigenvalue weighted by Crippen LogP contribution is -2.14. The van der Waals surface area contributed by atoms with Crippen molar-refractivity contribution in [3.05, 3.63) is 83.1 Å². The number of rotatable bonds is 7. The maximum Gasteiger partial charge on any atom is 0.338 e. The summed E-state index contributed by atoms with van der Waals surface area (Å²) in [6, 6.07) is 15.3. The molecule has 0 saturated carbocycles. The molecule has 9 heteroatoms. The summed E-state index contributed by atoms with van der Waals surface area (Å²) >= 11 is 5.82. The zero-order chi connectivity index (χ0) is 21.7. The first kappa shape index (κ1) is 21.6. The van der Waals surface area contributed by atoms with Gasteiger partial charge in [0.25, 0.3) is 10.0 Å². The molecular formula is C21H17ClFNO5S.